The van der Waals surface area contributed by atoms with Gasteiger partial charge in [0.25, 0.3) is 5.91 Å². The fraction of sp³-hybridized carbons (Fsp3) is 0.611. The molecule has 26 heavy (non-hydrogen) atoms. The average molecular weight is 475 g/mol. The van der Waals surface area contributed by atoms with E-state index in [2.05, 4.69) is 25.9 Å². The van der Waals surface area contributed by atoms with Gasteiger partial charge in [-0.05, 0) is 36.8 Å². The third kappa shape index (κ3) is 7.06. The summed E-state index contributed by atoms with van der Waals surface area (Å²) in [4.78, 5) is 20.1. The van der Waals surface area contributed by atoms with E-state index in [9.17, 15) is 4.79 Å². The molecule has 8 heteroatoms. The van der Waals surface area contributed by atoms with E-state index in [-0.39, 0.29) is 29.9 Å². The second kappa shape index (κ2) is 12.1. The Kier molecular flexibility index (Phi) is 10.5. The third-order valence-electron chi connectivity index (χ3n) is 4.73. The Morgan fingerprint density at radius 1 is 1.31 bits per heavy atom. The normalized spacial score (nSPS) is 15.4. The Morgan fingerprint density at radius 2 is 2.08 bits per heavy atom. The summed E-state index contributed by atoms with van der Waals surface area (Å²) in [7, 11) is 3.51. The van der Waals surface area contributed by atoms with Crippen LogP contribution in [-0.4, -0.2) is 57.2 Å². The summed E-state index contributed by atoms with van der Waals surface area (Å²) in [5.74, 6) is 0.644. The zero-order valence-corrected chi connectivity index (χ0v) is 17.9. The van der Waals surface area contributed by atoms with Gasteiger partial charge in [-0.2, -0.15) is 0 Å². The van der Waals surface area contributed by atoms with E-state index >= 15 is 0 Å². The molecule has 0 atom stereocenters. The second-order valence-electron chi connectivity index (χ2n) is 6.45. The lowest BCUT2D eigenvalue weighted by Crippen LogP contribution is -2.48. The van der Waals surface area contributed by atoms with Crippen LogP contribution in [0.4, 0.5) is 0 Å². The van der Waals surface area contributed by atoms with Gasteiger partial charge in [0.05, 0.1) is 5.56 Å². The fourth-order valence-corrected chi connectivity index (χ4v) is 2.96. The number of methoxy groups -OCH3 is 1. The summed E-state index contributed by atoms with van der Waals surface area (Å²) < 4.78 is 5.23. The molecule has 2 rings (SSSR count). The summed E-state index contributed by atoms with van der Waals surface area (Å²) in [5, 5.41) is 9.49. The van der Waals surface area contributed by atoms with Crippen molar-refractivity contribution in [3.8, 4) is 0 Å². The van der Waals surface area contributed by atoms with Crippen LogP contribution >= 0.6 is 24.0 Å². The van der Waals surface area contributed by atoms with Crippen LogP contribution in [0.2, 0.25) is 0 Å². The predicted octanol–water partition coefficient (Wildman–Crippen LogP) is 1.80. The molecule has 1 aromatic rings. The maximum Gasteiger partial charge on any atom is 0.252 e. The van der Waals surface area contributed by atoms with Crippen LogP contribution in [-0.2, 0) is 4.74 Å². The molecule has 1 amide bonds. The van der Waals surface area contributed by atoms with Crippen LogP contribution in [0.15, 0.2) is 29.5 Å². The lowest BCUT2D eigenvalue weighted by Gasteiger charge is -2.42. The van der Waals surface area contributed by atoms with Crippen molar-refractivity contribution in [2.75, 3.05) is 40.4 Å². The van der Waals surface area contributed by atoms with Gasteiger partial charge in [0.1, 0.15) is 0 Å². The van der Waals surface area contributed by atoms with Gasteiger partial charge in [-0.15, -0.1) is 24.0 Å². The first-order valence-corrected chi connectivity index (χ1v) is 8.81. The average Bonchev–Trinajstić information content (AvgIpc) is 2.62. The number of carbonyl (C=O) groups excluding carboxylic acids is 1. The number of halogens is 1. The largest absolute Gasteiger partial charge is 0.385 e. The summed E-state index contributed by atoms with van der Waals surface area (Å²) in [6.07, 6.45) is 8.05. The Morgan fingerprint density at radius 3 is 2.65 bits per heavy atom. The van der Waals surface area contributed by atoms with Crippen LogP contribution < -0.4 is 16.0 Å². The van der Waals surface area contributed by atoms with Gasteiger partial charge in [-0.25, -0.2) is 0 Å². The smallest absolute Gasteiger partial charge is 0.252 e. The van der Waals surface area contributed by atoms with E-state index in [0.29, 0.717) is 24.1 Å². The first kappa shape index (κ1) is 22.6. The van der Waals surface area contributed by atoms with Gasteiger partial charge < -0.3 is 20.7 Å². The van der Waals surface area contributed by atoms with Crippen LogP contribution in [0.3, 0.4) is 0 Å². The van der Waals surface area contributed by atoms with Gasteiger partial charge >= 0.3 is 0 Å². The topological polar surface area (TPSA) is 87.6 Å². The van der Waals surface area contributed by atoms with Gasteiger partial charge in [-0.1, -0.05) is 6.42 Å². The number of nitrogens with zero attached hydrogens (tertiary/aromatic N) is 2. The highest BCUT2D eigenvalue weighted by atomic mass is 127. The van der Waals surface area contributed by atoms with Crippen molar-refractivity contribution in [2.45, 2.75) is 25.7 Å². The molecule has 1 saturated carbocycles. The highest BCUT2D eigenvalue weighted by Gasteiger charge is 2.36. The molecule has 1 heterocycles. The number of hydrogen-bond donors (Lipinski definition) is 3. The van der Waals surface area contributed by atoms with Crippen molar-refractivity contribution >= 4 is 35.8 Å². The number of carbonyl (C=O) groups is 1. The highest BCUT2D eigenvalue weighted by Crippen LogP contribution is 2.43. The minimum absolute atomic E-state index is 0. The van der Waals surface area contributed by atoms with E-state index < -0.39 is 0 Å². The van der Waals surface area contributed by atoms with E-state index in [1.165, 1.54) is 19.3 Å². The Hall–Kier alpha value is -1.42. The monoisotopic (exact) mass is 475 g/mol. The maximum atomic E-state index is 11.9. The van der Waals surface area contributed by atoms with E-state index in [1.54, 1.807) is 38.7 Å². The molecule has 0 aromatic carbocycles. The molecule has 0 aliphatic heterocycles. The number of amides is 1. The van der Waals surface area contributed by atoms with Gasteiger partial charge in [0.2, 0.25) is 0 Å². The Labute approximate surface area is 172 Å². The molecule has 0 unspecified atom stereocenters. The summed E-state index contributed by atoms with van der Waals surface area (Å²) in [5.41, 5.74) is 0.900. The van der Waals surface area contributed by atoms with Gasteiger partial charge in [0.15, 0.2) is 5.96 Å². The minimum Gasteiger partial charge on any atom is -0.385 e. The molecule has 1 aliphatic carbocycles. The fourth-order valence-electron chi connectivity index (χ4n) is 2.96. The number of guanidine groups is 1. The second-order valence-corrected chi connectivity index (χ2v) is 6.45. The molecule has 0 radical (unpaired) electrons. The summed E-state index contributed by atoms with van der Waals surface area (Å²) >= 11 is 0. The zero-order chi connectivity index (χ0) is 18.0. The molecule has 146 valence electrons. The maximum absolute atomic E-state index is 11.9. The van der Waals surface area contributed by atoms with Crippen molar-refractivity contribution in [3.05, 3.63) is 30.1 Å². The first-order chi connectivity index (χ1) is 12.2. The predicted molar refractivity (Wildman–Crippen MR) is 114 cm³/mol. The molecule has 1 fully saturated rings. The molecular formula is C18H30IN5O2. The zero-order valence-electron chi connectivity index (χ0n) is 15.6. The molecular weight excluding hydrogens is 445 g/mol. The molecule has 3 N–H and O–H groups in total. The van der Waals surface area contributed by atoms with E-state index in [4.69, 9.17) is 4.74 Å². The summed E-state index contributed by atoms with van der Waals surface area (Å²) in [6, 6.07) is 3.49. The molecule has 0 saturated heterocycles. The van der Waals surface area contributed by atoms with Crippen molar-refractivity contribution in [2.24, 2.45) is 10.4 Å². The van der Waals surface area contributed by atoms with E-state index in [1.807, 2.05) is 0 Å². The Bertz CT molecular complexity index is 564. The first-order valence-electron chi connectivity index (χ1n) is 8.81. The number of ether oxygens (including phenoxy) is 1. The lowest BCUT2D eigenvalue weighted by atomic mass is 9.67. The molecule has 0 bridgehead atoms. The third-order valence-corrected chi connectivity index (χ3v) is 4.73. The summed E-state index contributed by atoms with van der Waals surface area (Å²) in [6.45, 7) is 2.83. The standard InChI is InChI=1S/C18H29N5O2.HI/c1-19-17(23-14-18(6-4-7-18)8-12-25-2)22-11-10-21-16(24)15-5-3-9-20-13-15;/h3,5,9,13H,4,6-8,10-12,14H2,1-2H3,(H,21,24)(H2,19,22,23);1H. The van der Waals surface area contributed by atoms with Crippen molar-refractivity contribution < 1.29 is 9.53 Å². The van der Waals surface area contributed by atoms with Crippen molar-refractivity contribution in [3.63, 3.8) is 0 Å². The van der Waals surface area contributed by atoms with E-state index in [0.717, 1.165) is 25.5 Å². The number of aliphatic imine (C=N–C) groups is 1. The van der Waals surface area contributed by atoms with Crippen LogP contribution in [0.5, 0.6) is 0 Å². The SMILES string of the molecule is CN=C(NCCNC(=O)c1cccnc1)NCC1(CCOC)CCC1.I. The number of nitrogens with one attached hydrogen (secondary N) is 3. The number of aromatic nitrogens is 1. The Balaban J connectivity index is 0.00000338. The molecule has 7 nitrogen and oxygen atoms in total. The van der Waals surface area contributed by atoms with Gasteiger partial charge in [0, 0.05) is 52.8 Å². The molecule has 1 aromatic heterocycles. The molecule has 1 aliphatic rings. The highest BCUT2D eigenvalue weighted by molar-refractivity contribution is 14.0. The van der Waals surface area contributed by atoms with Crippen LogP contribution in [0.25, 0.3) is 0 Å². The van der Waals surface area contributed by atoms with Gasteiger partial charge in [-0.3, -0.25) is 14.8 Å². The van der Waals surface area contributed by atoms with Crippen LogP contribution in [0, 0.1) is 5.41 Å². The molecule has 0 spiro atoms. The number of hydrogen-bond acceptors (Lipinski definition) is 4. The lowest BCUT2D eigenvalue weighted by molar-refractivity contribution is 0.0732. The van der Waals surface area contributed by atoms with Crippen LogP contribution in [0.1, 0.15) is 36.0 Å². The van der Waals surface area contributed by atoms with Crippen molar-refractivity contribution in [1.82, 2.24) is 20.9 Å². The number of rotatable bonds is 9. The number of pyridine rings is 1. The minimum atomic E-state index is -0.120. The quantitative estimate of drug-likeness (QED) is 0.220. The van der Waals surface area contributed by atoms with Crippen molar-refractivity contribution in [1.29, 1.82) is 0 Å².